The lowest BCUT2D eigenvalue weighted by Gasteiger charge is -2.37. The van der Waals surface area contributed by atoms with Crippen molar-refractivity contribution in [2.75, 3.05) is 19.8 Å². The van der Waals surface area contributed by atoms with Crippen LogP contribution in [-0.2, 0) is 36.2 Å². The van der Waals surface area contributed by atoms with E-state index in [2.05, 4.69) is 13.2 Å². The molecule has 7 nitrogen and oxygen atoms in total. The van der Waals surface area contributed by atoms with Crippen LogP contribution < -0.4 is 4.74 Å². The fraction of sp³-hybridized carbons (Fsp3) is 0.639. The summed E-state index contributed by atoms with van der Waals surface area (Å²) in [5.41, 5.74) is -5.42. The summed E-state index contributed by atoms with van der Waals surface area (Å²) in [5, 5.41) is 0. The van der Waals surface area contributed by atoms with E-state index in [0.29, 0.717) is 49.3 Å². The molecule has 0 aromatic heterocycles. The summed E-state index contributed by atoms with van der Waals surface area (Å²) in [4.78, 5) is 35.1. The third-order valence-electron chi connectivity index (χ3n) is 9.38. The Morgan fingerprint density at radius 3 is 1.71 bits per heavy atom. The second-order valence-corrected chi connectivity index (χ2v) is 12.7. The Kier molecular flexibility index (Phi) is 15.5. The predicted molar refractivity (Wildman–Crippen MR) is 169 cm³/mol. The monoisotopic (exact) mass is 704 g/mol. The highest BCUT2D eigenvalue weighted by molar-refractivity contribution is 5.92. The third kappa shape index (κ3) is 12.7. The third-order valence-corrected chi connectivity index (χ3v) is 9.38. The van der Waals surface area contributed by atoms with Crippen LogP contribution in [0.2, 0.25) is 0 Å². The maximum atomic E-state index is 14.2. The molecular weight excluding hydrogens is 658 g/mol. The smallest absolute Gasteiger partial charge is 0.420 e. The number of carbonyl (C=O) groups excluding carboxylic acids is 3. The van der Waals surface area contributed by atoms with Gasteiger partial charge in [0.1, 0.15) is 17.4 Å². The maximum absolute atomic E-state index is 14.2. The molecule has 274 valence electrons. The first-order chi connectivity index (χ1) is 23.2. The Bertz CT molecular complexity index is 1260. The zero-order chi connectivity index (χ0) is 36.0. The van der Waals surface area contributed by atoms with Crippen molar-refractivity contribution >= 4 is 17.9 Å². The Labute approximate surface area is 283 Å². The molecule has 3 rings (SSSR count). The van der Waals surface area contributed by atoms with Crippen LogP contribution in [0.25, 0.3) is 0 Å². The highest BCUT2D eigenvalue weighted by Gasteiger charge is 2.49. The van der Waals surface area contributed by atoms with Gasteiger partial charge in [-0.2, -0.15) is 26.3 Å². The molecule has 1 aromatic rings. The van der Waals surface area contributed by atoms with E-state index in [-0.39, 0.29) is 26.1 Å². The first kappa shape index (κ1) is 39.9. The molecule has 0 N–H and O–H groups in total. The molecule has 0 saturated heterocycles. The summed E-state index contributed by atoms with van der Waals surface area (Å²) in [6.45, 7) is 6.55. The van der Waals surface area contributed by atoms with Crippen molar-refractivity contribution in [1.82, 2.24) is 0 Å². The minimum Gasteiger partial charge on any atom is -0.493 e. The van der Waals surface area contributed by atoms with Gasteiger partial charge in [-0.1, -0.05) is 45.3 Å². The zero-order valence-electron chi connectivity index (χ0n) is 27.7. The molecule has 2 fully saturated rings. The van der Waals surface area contributed by atoms with Crippen LogP contribution in [0.3, 0.4) is 0 Å². The Balaban J connectivity index is 1.51. The molecule has 0 aliphatic heterocycles. The molecule has 2 aliphatic rings. The van der Waals surface area contributed by atoms with Crippen LogP contribution >= 0.6 is 0 Å². The molecule has 49 heavy (non-hydrogen) atoms. The van der Waals surface area contributed by atoms with Gasteiger partial charge < -0.3 is 18.9 Å². The second-order valence-electron chi connectivity index (χ2n) is 12.7. The average Bonchev–Trinajstić information content (AvgIpc) is 3.06. The minimum absolute atomic E-state index is 0.0672. The van der Waals surface area contributed by atoms with Gasteiger partial charge in [0, 0.05) is 12.2 Å². The summed E-state index contributed by atoms with van der Waals surface area (Å²) < 4.78 is 105. The van der Waals surface area contributed by atoms with Gasteiger partial charge in [0.05, 0.1) is 30.9 Å². The number of ether oxygens (including phenoxy) is 4. The fourth-order valence-corrected chi connectivity index (χ4v) is 6.85. The van der Waals surface area contributed by atoms with Crippen molar-refractivity contribution in [1.29, 1.82) is 0 Å². The lowest BCUT2D eigenvalue weighted by Crippen LogP contribution is -2.30. The van der Waals surface area contributed by atoms with Gasteiger partial charge in [0.15, 0.2) is 0 Å². The molecular formula is C36H46F6O7. The highest BCUT2D eigenvalue weighted by Crippen LogP contribution is 2.47. The van der Waals surface area contributed by atoms with Crippen molar-refractivity contribution in [3.05, 3.63) is 54.1 Å². The standard InChI is InChI=1S/C36H46F6O7/c1-3-30(43)47-22-7-5-6-10-24-11-13-25(14-12-24)26-15-17-27(18-16-26)49-34(45)28-19-20-29(46-21-8-9-23-48-31(44)4-2)33(36(40,41)42)32(28)35(37,38)39/h3-4,19-20,24-27H,1-2,5-18,21-23H2. The van der Waals surface area contributed by atoms with Crippen LogP contribution in [-0.4, -0.2) is 43.8 Å². The van der Waals surface area contributed by atoms with Crippen LogP contribution in [0.5, 0.6) is 5.75 Å². The number of benzene rings is 1. The average molecular weight is 705 g/mol. The van der Waals surface area contributed by atoms with Crippen LogP contribution in [0.4, 0.5) is 26.3 Å². The lowest BCUT2D eigenvalue weighted by atomic mass is 9.70. The van der Waals surface area contributed by atoms with E-state index in [1.807, 2.05) is 0 Å². The van der Waals surface area contributed by atoms with Gasteiger partial charge in [-0.3, -0.25) is 0 Å². The molecule has 13 heteroatoms. The molecule has 0 amide bonds. The van der Waals surface area contributed by atoms with E-state index in [4.69, 9.17) is 18.9 Å². The number of unbranched alkanes of at least 4 members (excludes halogenated alkanes) is 3. The topological polar surface area (TPSA) is 88.1 Å². The Hall–Kier alpha value is -3.51. The summed E-state index contributed by atoms with van der Waals surface area (Å²) in [6.07, 6.45) is 1.46. The summed E-state index contributed by atoms with van der Waals surface area (Å²) in [7, 11) is 0. The number of esters is 3. The maximum Gasteiger partial charge on any atom is 0.420 e. The van der Waals surface area contributed by atoms with Gasteiger partial charge in [-0.05, 0) is 87.7 Å². The molecule has 2 aliphatic carbocycles. The zero-order valence-corrected chi connectivity index (χ0v) is 27.7. The first-order valence-electron chi connectivity index (χ1n) is 17.0. The van der Waals surface area contributed by atoms with Gasteiger partial charge >= 0.3 is 30.3 Å². The summed E-state index contributed by atoms with van der Waals surface area (Å²) in [6, 6.07) is 1.38. The summed E-state index contributed by atoms with van der Waals surface area (Å²) in [5.74, 6) is -2.02. The number of hydrogen-bond donors (Lipinski definition) is 0. The number of halogens is 6. The second kappa shape index (κ2) is 19.0. The molecule has 1 aromatic carbocycles. The predicted octanol–water partition coefficient (Wildman–Crippen LogP) is 9.42. The number of carbonyl (C=O) groups is 3. The molecule has 0 radical (unpaired) electrons. The van der Waals surface area contributed by atoms with E-state index >= 15 is 0 Å². The van der Waals surface area contributed by atoms with Gasteiger partial charge in [-0.15, -0.1) is 0 Å². The molecule has 0 unspecified atom stereocenters. The minimum atomic E-state index is -5.52. The van der Waals surface area contributed by atoms with E-state index in [0.717, 1.165) is 76.4 Å². The van der Waals surface area contributed by atoms with Crippen LogP contribution in [0.1, 0.15) is 111 Å². The van der Waals surface area contributed by atoms with Gasteiger partial charge in [0.2, 0.25) is 0 Å². The molecule has 0 spiro atoms. The first-order valence-corrected chi connectivity index (χ1v) is 17.0. The van der Waals surface area contributed by atoms with Gasteiger partial charge in [0.25, 0.3) is 0 Å². The Morgan fingerprint density at radius 2 is 1.18 bits per heavy atom. The van der Waals surface area contributed by atoms with Crippen molar-refractivity contribution in [3.63, 3.8) is 0 Å². The normalized spacial score (nSPS) is 21.3. The lowest BCUT2D eigenvalue weighted by molar-refractivity contribution is -0.163. The van der Waals surface area contributed by atoms with Gasteiger partial charge in [-0.25, -0.2) is 14.4 Å². The van der Waals surface area contributed by atoms with Crippen molar-refractivity contribution in [3.8, 4) is 5.75 Å². The largest absolute Gasteiger partial charge is 0.493 e. The number of alkyl halides is 6. The Morgan fingerprint density at radius 1 is 0.673 bits per heavy atom. The fourth-order valence-electron chi connectivity index (χ4n) is 6.85. The van der Waals surface area contributed by atoms with Crippen LogP contribution in [0.15, 0.2) is 37.4 Å². The van der Waals surface area contributed by atoms with Crippen molar-refractivity contribution in [2.45, 2.75) is 108 Å². The molecule has 0 bridgehead atoms. The highest BCUT2D eigenvalue weighted by atomic mass is 19.4. The van der Waals surface area contributed by atoms with Crippen LogP contribution in [0, 0.1) is 17.8 Å². The quantitative estimate of drug-likeness (QED) is 0.0525. The number of hydrogen-bond acceptors (Lipinski definition) is 7. The summed E-state index contributed by atoms with van der Waals surface area (Å²) >= 11 is 0. The van der Waals surface area contributed by atoms with Crippen molar-refractivity contribution in [2.24, 2.45) is 17.8 Å². The molecule has 0 heterocycles. The van der Waals surface area contributed by atoms with E-state index < -0.39 is 58.8 Å². The van der Waals surface area contributed by atoms with E-state index in [1.165, 1.54) is 0 Å². The molecule has 2 saturated carbocycles. The SMILES string of the molecule is C=CC(=O)OCCCCCC1CCC(C2CCC(OC(=O)c3ccc(OCCCCOC(=O)C=C)c(C(F)(F)F)c3C(F)(F)F)CC2)CC1. The number of rotatable bonds is 17. The van der Waals surface area contributed by atoms with E-state index in [9.17, 15) is 40.7 Å². The van der Waals surface area contributed by atoms with E-state index in [1.54, 1.807) is 0 Å². The molecule has 0 atom stereocenters. The van der Waals surface area contributed by atoms with Crippen molar-refractivity contribution < 1.29 is 59.7 Å².